The minimum atomic E-state index is -0.683. The van der Waals surface area contributed by atoms with Crippen LogP contribution in [0.25, 0.3) is 10.8 Å². The fraction of sp³-hybridized carbons (Fsp3) is 0.0870. The first-order valence-electron chi connectivity index (χ1n) is 9.83. The molecule has 0 spiro atoms. The maximum atomic E-state index is 12.8. The second-order valence-corrected chi connectivity index (χ2v) is 7.59. The zero-order valence-corrected chi connectivity index (χ0v) is 18.4. The Morgan fingerprint density at radius 3 is 2.48 bits per heavy atom. The van der Waals surface area contributed by atoms with E-state index in [1.165, 1.54) is 0 Å². The number of aryl methyl sites for hydroxylation is 2. The van der Waals surface area contributed by atoms with Crippen LogP contribution in [0.5, 0.6) is 11.6 Å². The van der Waals surface area contributed by atoms with E-state index in [0.29, 0.717) is 16.3 Å². The van der Waals surface area contributed by atoms with Crippen LogP contribution in [0.15, 0.2) is 60.9 Å². The number of rotatable bonds is 6. The third-order valence-electron chi connectivity index (χ3n) is 4.92. The van der Waals surface area contributed by atoms with Gasteiger partial charge in [-0.3, -0.25) is 25.8 Å². The first-order chi connectivity index (χ1) is 15.8. The first-order valence-corrected chi connectivity index (χ1v) is 10.2. The molecule has 1 amide bonds. The van der Waals surface area contributed by atoms with Gasteiger partial charge in [0.1, 0.15) is 12.1 Å². The van der Waals surface area contributed by atoms with Crippen molar-refractivity contribution in [3.63, 3.8) is 0 Å². The number of carbonyl (C=O) groups excluding carboxylic acids is 1. The monoisotopic (exact) mass is 463 g/mol. The quantitative estimate of drug-likeness (QED) is 0.292. The van der Waals surface area contributed by atoms with E-state index in [9.17, 15) is 14.9 Å². The molecule has 1 aromatic heterocycles. The van der Waals surface area contributed by atoms with E-state index in [1.807, 2.05) is 30.3 Å². The SMILES string of the molecule is Cc1cc(Oc2ncnc(NNC(=O)c3cccc4ccccc34)c2[N+](=O)[O-])cc(C)c1Cl. The highest BCUT2D eigenvalue weighted by atomic mass is 35.5. The van der Waals surface area contributed by atoms with E-state index >= 15 is 0 Å². The molecule has 0 saturated heterocycles. The summed E-state index contributed by atoms with van der Waals surface area (Å²) in [5.74, 6) is -0.646. The summed E-state index contributed by atoms with van der Waals surface area (Å²) in [7, 11) is 0. The standard InChI is InChI=1S/C23H18ClN5O4/c1-13-10-16(11-14(2)19(13)24)33-23-20(29(31)32)21(25-12-26-23)27-28-22(30)18-9-5-7-15-6-3-4-8-17(15)18/h3-12H,1-2H3,(H,28,30)(H,25,26,27). The van der Waals surface area contributed by atoms with E-state index in [2.05, 4.69) is 20.8 Å². The lowest BCUT2D eigenvalue weighted by Gasteiger charge is -2.12. The van der Waals surface area contributed by atoms with Crippen molar-refractivity contribution in [1.29, 1.82) is 0 Å². The third kappa shape index (κ3) is 4.53. The topological polar surface area (TPSA) is 119 Å². The molecule has 0 aliphatic rings. The third-order valence-corrected chi connectivity index (χ3v) is 5.52. The van der Waals surface area contributed by atoms with E-state index < -0.39 is 16.5 Å². The molecule has 0 aliphatic carbocycles. The predicted octanol–water partition coefficient (Wildman–Crippen LogP) is 5.36. The lowest BCUT2D eigenvalue weighted by Crippen LogP contribution is -2.30. The van der Waals surface area contributed by atoms with Crippen molar-refractivity contribution in [3.05, 3.63) is 92.8 Å². The number of halogens is 1. The highest BCUT2D eigenvalue weighted by Crippen LogP contribution is 2.35. The van der Waals surface area contributed by atoms with Gasteiger partial charge in [0.15, 0.2) is 0 Å². The Labute approximate surface area is 193 Å². The van der Waals surface area contributed by atoms with Gasteiger partial charge in [0.05, 0.1) is 4.92 Å². The molecule has 0 aliphatic heterocycles. The predicted molar refractivity (Wildman–Crippen MR) is 125 cm³/mol. The number of nitrogens with one attached hydrogen (secondary N) is 2. The smallest absolute Gasteiger partial charge is 0.374 e. The molecule has 33 heavy (non-hydrogen) atoms. The van der Waals surface area contributed by atoms with Crippen molar-refractivity contribution < 1.29 is 14.5 Å². The number of hydrogen-bond acceptors (Lipinski definition) is 7. The molecule has 0 radical (unpaired) electrons. The van der Waals surface area contributed by atoms with Crippen molar-refractivity contribution in [2.45, 2.75) is 13.8 Å². The molecule has 3 aromatic carbocycles. The van der Waals surface area contributed by atoms with Crippen molar-refractivity contribution in [3.8, 4) is 11.6 Å². The summed E-state index contributed by atoms with van der Waals surface area (Å²) in [6, 6.07) is 16.0. The number of benzene rings is 3. The van der Waals surface area contributed by atoms with E-state index in [1.54, 1.807) is 38.1 Å². The fourth-order valence-electron chi connectivity index (χ4n) is 3.38. The molecular formula is C23H18ClN5O4. The number of aromatic nitrogens is 2. The Morgan fingerprint density at radius 1 is 1.06 bits per heavy atom. The Kier molecular flexibility index (Phi) is 6.05. The van der Waals surface area contributed by atoms with Gasteiger partial charge < -0.3 is 4.74 Å². The summed E-state index contributed by atoms with van der Waals surface area (Å²) < 4.78 is 5.67. The summed E-state index contributed by atoms with van der Waals surface area (Å²) >= 11 is 6.18. The first kappa shape index (κ1) is 22.0. The molecular weight excluding hydrogens is 446 g/mol. The molecule has 4 aromatic rings. The Morgan fingerprint density at radius 2 is 1.76 bits per heavy atom. The van der Waals surface area contributed by atoms with Gasteiger partial charge in [0.25, 0.3) is 5.91 Å². The van der Waals surface area contributed by atoms with Crippen molar-refractivity contribution in [2.24, 2.45) is 0 Å². The lowest BCUT2D eigenvalue weighted by atomic mass is 10.0. The minimum absolute atomic E-state index is 0.221. The van der Waals surface area contributed by atoms with Crippen LogP contribution >= 0.6 is 11.6 Å². The second-order valence-electron chi connectivity index (χ2n) is 7.21. The molecule has 1 heterocycles. The van der Waals surface area contributed by atoms with Crippen LogP contribution in [0.2, 0.25) is 5.02 Å². The van der Waals surface area contributed by atoms with Gasteiger partial charge in [-0.2, -0.15) is 4.98 Å². The number of ether oxygens (including phenoxy) is 1. The van der Waals surface area contributed by atoms with E-state index in [4.69, 9.17) is 16.3 Å². The maximum Gasteiger partial charge on any atom is 0.374 e. The van der Waals surface area contributed by atoms with Crippen LogP contribution in [-0.2, 0) is 0 Å². The van der Waals surface area contributed by atoms with Crippen LogP contribution < -0.4 is 15.6 Å². The highest BCUT2D eigenvalue weighted by Gasteiger charge is 2.26. The number of nitro groups is 1. The average Bonchev–Trinajstić information content (AvgIpc) is 2.80. The van der Waals surface area contributed by atoms with Gasteiger partial charge in [-0.05, 0) is 53.9 Å². The van der Waals surface area contributed by atoms with Crippen molar-refractivity contribution in [2.75, 3.05) is 5.43 Å². The van der Waals surface area contributed by atoms with Gasteiger partial charge in [-0.1, -0.05) is 48.0 Å². The van der Waals surface area contributed by atoms with Crippen LogP contribution in [0.1, 0.15) is 21.5 Å². The molecule has 9 nitrogen and oxygen atoms in total. The summed E-state index contributed by atoms with van der Waals surface area (Å²) in [5.41, 5.74) is 6.37. The number of nitrogens with zero attached hydrogens (tertiary/aromatic N) is 3. The molecule has 10 heteroatoms. The normalized spacial score (nSPS) is 10.6. The molecule has 0 bridgehead atoms. The Balaban J connectivity index is 1.61. The molecule has 166 valence electrons. The van der Waals surface area contributed by atoms with Gasteiger partial charge in [-0.25, -0.2) is 4.98 Å². The number of anilines is 1. The molecule has 0 atom stereocenters. The molecule has 4 rings (SSSR count). The zero-order valence-electron chi connectivity index (χ0n) is 17.6. The summed E-state index contributed by atoms with van der Waals surface area (Å²) in [6.45, 7) is 3.60. The molecule has 2 N–H and O–H groups in total. The summed E-state index contributed by atoms with van der Waals surface area (Å²) in [4.78, 5) is 31.7. The number of carbonyl (C=O) groups is 1. The summed E-state index contributed by atoms with van der Waals surface area (Å²) in [5, 5.41) is 14.0. The van der Waals surface area contributed by atoms with E-state index in [0.717, 1.165) is 28.2 Å². The molecule has 0 saturated carbocycles. The number of fused-ring (bicyclic) bond motifs is 1. The average molecular weight is 464 g/mol. The molecule has 0 unspecified atom stereocenters. The van der Waals surface area contributed by atoms with Crippen LogP contribution in [0, 0.1) is 24.0 Å². The Hall–Kier alpha value is -4.24. The Bertz CT molecular complexity index is 1360. The number of hydrogen-bond donors (Lipinski definition) is 2. The van der Waals surface area contributed by atoms with E-state index in [-0.39, 0.29) is 11.7 Å². The second kappa shape index (κ2) is 9.09. The number of amides is 1. The fourth-order valence-corrected chi connectivity index (χ4v) is 3.49. The molecule has 0 fully saturated rings. The van der Waals surface area contributed by atoms with Gasteiger partial charge in [-0.15, -0.1) is 0 Å². The minimum Gasteiger partial charge on any atom is -0.434 e. The van der Waals surface area contributed by atoms with Gasteiger partial charge in [0.2, 0.25) is 5.82 Å². The van der Waals surface area contributed by atoms with Gasteiger partial charge >= 0.3 is 11.6 Å². The maximum absolute atomic E-state index is 12.8. The van der Waals surface area contributed by atoms with Crippen LogP contribution in [0.4, 0.5) is 11.5 Å². The van der Waals surface area contributed by atoms with Crippen molar-refractivity contribution >= 4 is 39.8 Å². The summed E-state index contributed by atoms with van der Waals surface area (Å²) in [6.07, 6.45) is 1.10. The lowest BCUT2D eigenvalue weighted by molar-refractivity contribution is -0.385. The zero-order chi connectivity index (χ0) is 23.5. The highest BCUT2D eigenvalue weighted by molar-refractivity contribution is 6.32. The number of hydrazine groups is 1. The van der Waals surface area contributed by atoms with Crippen molar-refractivity contribution in [1.82, 2.24) is 15.4 Å². The van der Waals surface area contributed by atoms with Crippen LogP contribution in [-0.4, -0.2) is 20.8 Å². The van der Waals surface area contributed by atoms with Gasteiger partial charge in [0, 0.05) is 10.6 Å². The largest absolute Gasteiger partial charge is 0.434 e. The van der Waals surface area contributed by atoms with Crippen LogP contribution in [0.3, 0.4) is 0 Å².